The third-order valence-electron chi connectivity index (χ3n) is 6.22. The molecule has 0 bridgehead atoms. The van der Waals surface area contributed by atoms with Crippen LogP contribution in [0.2, 0.25) is 5.02 Å². The van der Waals surface area contributed by atoms with E-state index in [9.17, 15) is 13.2 Å². The SMILES string of the molecule is C=C.C=C(CC1C=CN(c2cn[nH]c(=O)c2Cl)C1)NC1CCCCC1.CC1(S(N)(=O)=O)CC1. The molecular weight excluding hydrogens is 462 g/mol. The number of aromatic amines is 1. The van der Waals surface area contributed by atoms with Crippen LogP contribution in [0.25, 0.3) is 0 Å². The van der Waals surface area contributed by atoms with Crippen molar-refractivity contribution in [3.63, 3.8) is 0 Å². The van der Waals surface area contributed by atoms with Gasteiger partial charge in [-0.15, -0.1) is 13.2 Å². The summed E-state index contributed by atoms with van der Waals surface area (Å²) in [5.41, 5.74) is 1.40. The van der Waals surface area contributed by atoms with Crippen LogP contribution in [0.1, 0.15) is 58.3 Å². The van der Waals surface area contributed by atoms with Gasteiger partial charge in [0.15, 0.2) is 0 Å². The number of aromatic nitrogens is 2. The Bertz CT molecular complexity index is 998. The number of allylic oxidation sites excluding steroid dienone is 1. The summed E-state index contributed by atoms with van der Waals surface area (Å²) in [4.78, 5) is 13.5. The van der Waals surface area contributed by atoms with Gasteiger partial charge in [-0.2, -0.15) is 5.10 Å². The van der Waals surface area contributed by atoms with Crippen molar-refractivity contribution < 1.29 is 8.42 Å². The fourth-order valence-electron chi connectivity index (χ4n) is 3.86. The maximum atomic E-state index is 11.6. The van der Waals surface area contributed by atoms with Crippen LogP contribution in [0.3, 0.4) is 0 Å². The lowest BCUT2D eigenvalue weighted by Crippen LogP contribution is -2.31. The normalized spacial score (nSPS) is 21.3. The second-order valence-electron chi connectivity index (χ2n) is 8.93. The molecule has 2 heterocycles. The summed E-state index contributed by atoms with van der Waals surface area (Å²) in [5, 5.41) is 14.8. The fraction of sp³-hybridized carbons (Fsp3) is 0.565. The van der Waals surface area contributed by atoms with Crippen LogP contribution in [0.15, 0.2) is 48.7 Å². The third kappa shape index (κ3) is 7.72. The molecule has 1 aromatic rings. The predicted octanol–water partition coefficient (Wildman–Crippen LogP) is 3.83. The van der Waals surface area contributed by atoms with Gasteiger partial charge in [0.2, 0.25) is 10.0 Å². The minimum Gasteiger partial charge on any atom is -0.386 e. The van der Waals surface area contributed by atoms with Gasteiger partial charge in [-0.25, -0.2) is 18.7 Å². The van der Waals surface area contributed by atoms with Gasteiger partial charge in [0.1, 0.15) is 5.02 Å². The number of halogens is 1. The van der Waals surface area contributed by atoms with Crippen LogP contribution in [0.4, 0.5) is 5.69 Å². The Balaban J connectivity index is 0.000000323. The number of nitrogens with two attached hydrogens (primary N) is 1. The fourth-order valence-corrected chi connectivity index (χ4v) is 4.73. The van der Waals surface area contributed by atoms with Crippen LogP contribution in [0.5, 0.6) is 0 Å². The topological polar surface area (TPSA) is 121 Å². The van der Waals surface area contributed by atoms with Crippen LogP contribution in [-0.4, -0.2) is 35.9 Å². The average Bonchev–Trinajstić information content (AvgIpc) is 3.39. The van der Waals surface area contributed by atoms with Crippen molar-refractivity contribution in [3.05, 3.63) is 59.3 Å². The Morgan fingerprint density at radius 1 is 1.33 bits per heavy atom. The Kier molecular flexibility index (Phi) is 9.75. The molecule has 4 N–H and O–H groups in total. The maximum absolute atomic E-state index is 11.6. The zero-order valence-corrected chi connectivity index (χ0v) is 20.9. The van der Waals surface area contributed by atoms with E-state index in [1.807, 2.05) is 11.1 Å². The molecule has 0 saturated heterocycles. The van der Waals surface area contributed by atoms with Crippen molar-refractivity contribution in [2.75, 3.05) is 11.4 Å². The van der Waals surface area contributed by atoms with E-state index in [1.54, 1.807) is 13.1 Å². The molecule has 1 aliphatic heterocycles. The summed E-state index contributed by atoms with van der Waals surface area (Å²) >= 11 is 6.07. The summed E-state index contributed by atoms with van der Waals surface area (Å²) in [7, 11) is -3.23. The first kappa shape index (κ1) is 27.1. The summed E-state index contributed by atoms with van der Waals surface area (Å²) in [6, 6.07) is 0.587. The number of nitrogens with one attached hydrogen (secondary N) is 2. The summed E-state index contributed by atoms with van der Waals surface area (Å²) in [6.45, 7) is 12.6. The number of anilines is 1. The predicted molar refractivity (Wildman–Crippen MR) is 136 cm³/mol. The number of rotatable bonds is 6. The van der Waals surface area contributed by atoms with E-state index < -0.39 is 14.8 Å². The highest BCUT2D eigenvalue weighted by Gasteiger charge is 2.47. The van der Waals surface area contributed by atoms with Gasteiger partial charge in [0, 0.05) is 30.4 Å². The zero-order chi connectivity index (χ0) is 24.6. The highest BCUT2D eigenvalue weighted by atomic mass is 35.5. The smallest absolute Gasteiger partial charge is 0.285 e. The van der Waals surface area contributed by atoms with E-state index in [4.69, 9.17) is 16.7 Å². The van der Waals surface area contributed by atoms with E-state index in [1.165, 1.54) is 32.1 Å². The number of nitrogens with zero attached hydrogens (tertiary/aromatic N) is 2. The molecule has 2 aliphatic carbocycles. The molecule has 0 radical (unpaired) electrons. The number of H-pyrrole nitrogens is 1. The Morgan fingerprint density at radius 2 is 1.97 bits per heavy atom. The van der Waals surface area contributed by atoms with Crippen molar-refractivity contribution >= 4 is 27.3 Å². The molecule has 4 rings (SSSR count). The molecule has 2 fully saturated rings. The molecule has 8 nitrogen and oxygen atoms in total. The molecule has 1 unspecified atom stereocenters. The minimum absolute atomic E-state index is 0.185. The minimum atomic E-state index is -3.23. The Hall–Kier alpha value is -2.10. The molecule has 3 aliphatic rings. The molecule has 0 spiro atoms. The number of sulfonamides is 1. The largest absolute Gasteiger partial charge is 0.386 e. The van der Waals surface area contributed by atoms with Crippen molar-refractivity contribution in [1.29, 1.82) is 0 Å². The van der Waals surface area contributed by atoms with Crippen LogP contribution >= 0.6 is 11.6 Å². The Labute approximate surface area is 202 Å². The number of hydrogen-bond donors (Lipinski definition) is 3. The van der Waals surface area contributed by atoms with Gasteiger partial charge >= 0.3 is 0 Å². The van der Waals surface area contributed by atoms with Crippen molar-refractivity contribution in [1.82, 2.24) is 15.5 Å². The van der Waals surface area contributed by atoms with E-state index in [0.29, 0.717) is 17.6 Å². The summed E-state index contributed by atoms with van der Waals surface area (Å²) in [6.07, 6.45) is 14.6. The van der Waals surface area contributed by atoms with E-state index in [2.05, 4.69) is 41.3 Å². The summed E-state index contributed by atoms with van der Waals surface area (Å²) < 4.78 is 20.4. The van der Waals surface area contributed by atoms with E-state index in [0.717, 1.165) is 31.5 Å². The molecule has 1 atom stereocenters. The zero-order valence-electron chi connectivity index (χ0n) is 19.4. The lowest BCUT2D eigenvalue weighted by atomic mass is 9.94. The summed E-state index contributed by atoms with van der Waals surface area (Å²) in [5.74, 6) is 0.369. The first-order chi connectivity index (χ1) is 15.6. The molecule has 0 aromatic carbocycles. The highest BCUT2D eigenvalue weighted by molar-refractivity contribution is 7.90. The molecule has 184 valence electrons. The number of hydrogen-bond acceptors (Lipinski definition) is 6. The lowest BCUT2D eigenvalue weighted by Gasteiger charge is -2.26. The molecule has 0 amide bonds. The van der Waals surface area contributed by atoms with E-state index >= 15 is 0 Å². The highest BCUT2D eigenvalue weighted by Crippen LogP contribution is 2.40. The maximum Gasteiger partial charge on any atom is 0.285 e. The monoisotopic (exact) mass is 497 g/mol. The first-order valence-electron chi connectivity index (χ1n) is 11.2. The standard InChI is InChI=1S/C17H23ClN4O.C4H9NO2S.C2H4/c1-12(20-14-5-3-2-4-6-14)9-13-7-8-22(11-13)15-10-19-21-17(23)16(15)18;1-4(2-3-4)8(5,6)7;1-2/h7-8,10,13-14,20H,1-6,9,11H2,(H,21,23);2-3H2,1H3,(H2,5,6,7);1-2H2. The lowest BCUT2D eigenvalue weighted by molar-refractivity contribution is 0.390. The quantitative estimate of drug-likeness (QED) is 0.513. The Morgan fingerprint density at radius 3 is 2.52 bits per heavy atom. The van der Waals surface area contributed by atoms with E-state index in [-0.39, 0.29) is 10.6 Å². The molecule has 10 heteroatoms. The van der Waals surface area contributed by atoms with Gasteiger partial charge in [0.25, 0.3) is 5.56 Å². The second kappa shape index (κ2) is 11.9. The second-order valence-corrected chi connectivity index (χ2v) is 11.4. The van der Waals surface area contributed by atoms with Crippen LogP contribution in [-0.2, 0) is 10.0 Å². The molecule has 2 saturated carbocycles. The van der Waals surface area contributed by atoms with Gasteiger partial charge < -0.3 is 10.2 Å². The van der Waals surface area contributed by atoms with Gasteiger partial charge in [-0.1, -0.05) is 43.5 Å². The van der Waals surface area contributed by atoms with Crippen molar-refractivity contribution in [2.24, 2.45) is 11.1 Å². The first-order valence-corrected chi connectivity index (χ1v) is 13.2. The van der Waals surface area contributed by atoms with Gasteiger partial charge in [-0.05, 0) is 39.0 Å². The van der Waals surface area contributed by atoms with Crippen molar-refractivity contribution in [3.8, 4) is 0 Å². The van der Waals surface area contributed by atoms with Gasteiger partial charge in [0.05, 0.1) is 16.6 Å². The molecule has 33 heavy (non-hydrogen) atoms. The molecular formula is C23H36ClN5O3S. The van der Waals surface area contributed by atoms with Crippen LogP contribution < -0.4 is 20.9 Å². The van der Waals surface area contributed by atoms with Crippen molar-refractivity contribution in [2.45, 2.75) is 69.1 Å². The van der Waals surface area contributed by atoms with Gasteiger partial charge in [-0.3, -0.25) is 4.79 Å². The van der Waals surface area contributed by atoms with Crippen LogP contribution in [0, 0.1) is 5.92 Å². The molecule has 1 aromatic heterocycles. The average molecular weight is 498 g/mol. The third-order valence-corrected chi connectivity index (χ3v) is 8.37. The number of primary sulfonamides is 1.